The summed E-state index contributed by atoms with van der Waals surface area (Å²) in [5, 5.41) is 5.79. The van der Waals surface area contributed by atoms with E-state index in [9.17, 15) is 14.0 Å². The highest BCUT2D eigenvalue weighted by Gasteiger charge is 2.15. The van der Waals surface area contributed by atoms with Crippen LogP contribution in [0.2, 0.25) is 0 Å². The second-order valence-electron chi connectivity index (χ2n) is 6.93. The number of hydrogen-bond donors (Lipinski definition) is 2. The van der Waals surface area contributed by atoms with E-state index in [0.29, 0.717) is 25.9 Å². The molecule has 1 fully saturated rings. The maximum Gasteiger partial charge on any atom is 0.315 e. The summed E-state index contributed by atoms with van der Waals surface area (Å²) in [5.74, 6) is -0.253. The Balaban J connectivity index is 1.54. The summed E-state index contributed by atoms with van der Waals surface area (Å²) in [6.45, 7) is 1.07. The van der Waals surface area contributed by atoms with Crippen LogP contribution < -0.4 is 15.4 Å². The number of rotatable bonds is 9. The summed E-state index contributed by atoms with van der Waals surface area (Å²) in [7, 11) is 1.69. The molecule has 0 atom stereocenters. The fourth-order valence-corrected chi connectivity index (χ4v) is 3.09. The number of likely N-dealkylation sites (N-methyl/N-ethyl adjacent to an activating group) is 1. The second kappa shape index (κ2) is 11.4. The third-order valence-electron chi connectivity index (χ3n) is 4.74. The van der Waals surface area contributed by atoms with Gasteiger partial charge in [0.05, 0.1) is 6.54 Å². The fourth-order valence-electron chi connectivity index (χ4n) is 3.09. The number of carbonyl (C=O) groups excluding carboxylic acids is 2. The van der Waals surface area contributed by atoms with Crippen molar-refractivity contribution in [3.8, 4) is 5.75 Å². The van der Waals surface area contributed by atoms with Gasteiger partial charge in [0.15, 0.2) is 11.6 Å². The first-order valence-corrected chi connectivity index (χ1v) is 9.72. The zero-order chi connectivity index (χ0) is 19.5. The molecule has 0 radical (unpaired) electrons. The zero-order valence-electron chi connectivity index (χ0n) is 16.0. The maximum absolute atomic E-state index is 13.4. The minimum Gasteiger partial charge on any atom is -0.489 e. The van der Waals surface area contributed by atoms with Gasteiger partial charge in [0.25, 0.3) is 0 Å². The summed E-state index contributed by atoms with van der Waals surface area (Å²) in [5.41, 5.74) is 0. The summed E-state index contributed by atoms with van der Waals surface area (Å²) < 4.78 is 18.8. The highest BCUT2D eigenvalue weighted by molar-refractivity contribution is 5.76. The van der Waals surface area contributed by atoms with Gasteiger partial charge in [-0.25, -0.2) is 9.18 Å². The first kappa shape index (κ1) is 21.0. The lowest BCUT2D eigenvalue weighted by atomic mass is 9.96. The summed E-state index contributed by atoms with van der Waals surface area (Å²) in [6, 6.07) is 6.32. The van der Waals surface area contributed by atoms with Crippen molar-refractivity contribution in [1.82, 2.24) is 15.5 Å². The lowest BCUT2D eigenvalue weighted by Crippen LogP contribution is -2.43. The molecule has 1 aliphatic carbocycles. The average molecular weight is 379 g/mol. The highest BCUT2D eigenvalue weighted by Crippen LogP contribution is 2.17. The minimum absolute atomic E-state index is 0.0263. The van der Waals surface area contributed by atoms with Crippen LogP contribution in [0.4, 0.5) is 9.18 Å². The molecule has 0 spiro atoms. The Kier molecular flexibility index (Phi) is 8.87. The molecule has 0 aromatic heterocycles. The topological polar surface area (TPSA) is 70.7 Å². The lowest BCUT2D eigenvalue weighted by molar-refractivity contribution is -0.130. The van der Waals surface area contributed by atoms with Crippen LogP contribution in [-0.2, 0) is 4.79 Å². The third kappa shape index (κ3) is 7.85. The van der Waals surface area contributed by atoms with Crippen molar-refractivity contribution < 1.29 is 18.7 Å². The highest BCUT2D eigenvalue weighted by atomic mass is 19.1. The second-order valence-corrected chi connectivity index (χ2v) is 6.93. The predicted octanol–water partition coefficient (Wildman–Crippen LogP) is 3.08. The van der Waals surface area contributed by atoms with E-state index in [0.717, 1.165) is 12.8 Å². The van der Waals surface area contributed by atoms with Crippen molar-refractivity contribution in [3.63, 3.8) is 0 Å². The van der Waals surface area contributed by atoms with E-state index in [2.05, 4.69) is 10.6 Å². The van der Waals surface area contributed by atoms with Gasteiger partial charge in [-0.15, -0.1) is 0 Å². The number of nitrogens with zero attached hydrogens (tertiary/aromatic N) is 1. The zero-order valence-corrected chi connectivity index (χ0v) is 16.0. The molecule has 27 heavy (non-hydrogen) atoms. The Bertz CT molecular complexity index is 606. The van der Waals surface area contributed by atoms with E-state index in [1.807, 2.05) is 0 Å². The Morgan fingerprint density at radius 1 is 1.22 bits per heavy atom. The molecule has 1 saturated carbocycles. The molecule has 150 valence electrons. The van der Waals surface area contributed by atoms with Crippen LogP contribution in [0.5, 0.6) is 5.75 Å². The summed E-state index contributed by atoms with van der Waals surface area (Å²) >= 11 is 0. The summed E-state index contributed by atoms with van der Waals surface area (Å²) in [6.07, 6.45) is 6.62. The van der Waals surface area contributed by atoms with Gasteiger partial charge in [-0.3, -0.25) is 4.79 Å². The van der Waals surface area contributed by atoms with Crippen molar-refractivity contribution in [2.75, 3.05) is 26.7 Å². The number of ether oxygens (including phenoxy) is 1. The smallest absolute Gasteiger partial charge is 0.315 e. The molecule has 2 N–H and O–H groups in total. The van der Waals surface area contributed by atoms with E-state index >= 15 is 0 Å². The average Bonchev–Trinajstić information content (AvgIpc) is 2.67. The monoisotopic (exact) mass is 379 g/mol. The Morgan fingerprint density at radius 3 is 2.70 bits per heavy atom. The van der Waals surface area contributed by atoms with Crippen LogP contribution in [0.15, 0.2) is 24.3 Å². The van der Waals surface area contributed by atoms with E-state index in [1.54, 1.807) is 30.1 Å². The van der Waals surface area contributed by atoms with Gasteiger partial charge in [0, 0.05) is 26.1 Å². The number of halogens is 1. The molecule has 2 rings (SSSR count). The molecule has 3 amide bonds. The number of nitrogens with one attached hydrogen (secondary N) is 2. The Morgan fingerprint density at radius 2 is 1.96 bits per heavy atom. The van der Waals surface area contributed by atoms with Gasteiger partial charge < -0.3 is 20.3 Å². The van der Waals surface area contributed by atoms with Crippen LogP contribution in [-0.4, -0.2) is 49.6 Å². The first-order valence-electron chi connectivity index (χ1n) is 9.72. The molecule has 0 heterocycles. The molecule has 0 aliphatic heterocycles. The van der Waals surface area contributed by atoms with Crippen LogP contribution in [0.25, 0.3) is 0 Å². The van der Waals surface area contributed by atoms with E-state index in [4.69, 9.17) is 4.74 Å². The lowest BCUT2D eigenvalue weighted by Gasteiger charge is -2.23. The van der Waals surface area contributed by atoms with Crippen LogP contribution in [0.1, 0.15) is 44.9 Å². The molecule has 0 unspecified atom stereocenters. The van der Waals surface area contributed by atoms with Crippen molar-refractivity contribution in [2.45, 2.75) is 51.0 Å². The molecular formula is C20H30FN3O3. The largest absolute Gasteiger partial charge is 0.489 e. The van der Waals surface area contributed by atoms with E-state index in [1.165, 1.54) is 25.3 Å². The molecular weight excluding hydrogens is 349 g/mol. The molecule has 6 nitrogen and oxygen atoms in total. The van der Waals surface area contributed by atoms with Gasteiger partial charge >= 0.3 is 6.03 Å². The SMILES string of the molecule is CN(CCOc1ccccc1F)C(=O)CCCNC(=O)NC1CCCCC1. The standard InChI is InChI=1S/C20H30FN3O3/c1-24(14-15-27-18-11-6-5-10-17(18)21)19(25)12-7-13-22-20(26)23-16-8-3-2-4-9-16/h5-6,10-11,16H,2-4,7-9,12-15H2,1H3,(H2,22,23,26). The van der Waals surface area contributed by atoms with Crippen LogP contribution >= 0.6 is 0 Å². The molecule has 0 saturated heterocycles. The minimum atomic E-state index is -0.413. The van der Waals surface area contributed by atoms with Gasteiger partial charge in [0.1, 0.15) is 6.61 Å². The van der Waals surface area contributed by atoms with E-state index < -0.39 is 5.82 Å². The number of urea groups is 1. The molecule has 1 aliphatic rings. The molecule has 7 heteroatoms. The fraction of sp³-hybridized carbons (Fsp3) is 0.600. The molecule has 0 bridgehead atoms. The number of benzene rings is 1. The number of carbonyl (C=O) groups is 2. The molecule has 1 aromatic carbocycles. The van der Waals surface area contributed by atoms with E-state index in [-0.39, 0.29) is 30.3 Å². The number of hydrogen-bond acceptors (Lipinski definition) is 3. The maximum atomic E-state index is 13.4. The molecule has 1 aromatic rings. The van der Waals surface area contributed by atoms with Gasteiger partial charge in [-0.1, -0.05) is 31.4 Å². The number of amides is 3. The van der Waals surface area contributed by atoms with Gasteiger partial charge in [0.2, 0.25) is 5.91 Å². The third-order valence-corrected chi connectivity index (χ3v) is 4.74. The van der Waals surface area contributed by atoms with Gasteiger partial charge in [-0.2, -0.15) is 0 Å². The normalized spacial score (nSPS) is 14.4. The van der Waals surface area contributed by atoms with Gasteiger partial charge in [-0.05, 0) is 31.4 Å². The number of para-hydroxylation sites is 1. The van der Waals surface area contributed by atoms with Crippen molar-refractivity contribution in [3.05, 3.63) is 30.1 Å². The predicted molar refractivity (Wildman–Crippen MR) is 102 cm³/mol. The Hall–Kier alpha value is -2.31. The summed E-state index contributed by atoms with van der Waals surface area (Å²) in [4.78, 5) is 25.5. The van der Waals surface area contributed by atoms with Crippen LogP contribution in [0.3, 0.4) is 0 Å². The first-order chi connectivity index (χ1) is 13.1. The van der Waals surface area contributed by atoms with Crippen molar-refractivity contribution in [2.24, 2.45) is 0 Å². The van der Waals surface area contributed by atoms with Crippen molar-refractivity contribution >= 4 is 11.9 Å². The van der Waals surface area contributed by atoms with Crippen LogP contribution in [0, 0.1) is 5.82 Å². The van der Waals surface area contributed by atoms with Crippen molar-refractivity contribution in [1.29, 1.82) is 0 Å². The quantitative estimate of drug-likeness (QED) is 0.648. The Labute approximate surface area is 160 Å².